The van der Waals surface area contributed by atoms with Crippen molar-refractivity contribution in [2.45, 2.75) is 6.92 Å². The van der Waals surface area contributed by atoms with Crippen LogP contribution in [-0.4, -0.2) is 54.9 Å². The van der Waals surface area contributed by atoms with Crippen molar-refractivity contribution in [3.63, 3.8) is 0 Å². The van der Waals surface area contributed by atoms with E-state index in [-0.39, 0.29) is 28.4 Å². The number of rotatable bonds is 6. The zero-order chi connectivity index (χ0) is 24.5. The Morgan fingerprint density at radius 3 is 2.53 bits per heavy atom. The number of hydrogen-bond acceptors (Lipinski definition) is 8. The molecule has 0 aromatic heterocycles. The fourth-order valence-corrected chi connectivity index (χ4v) is 5.16. The summed E-state index contributed by atoms with van der Waals surface area (Å²) in [6, 6.07) is 12.6. The van der Waals surface area contributed by atoms with Crippen LogP contribution in [0, 0.1) is 12.3 Å². The summed E-state index contributed by atoms with van der Waals surface area (Å²) in [6.45, 7) is 2.60. The Kier molecular flexibility index (Phi) is 6.78. The number of benzene rings is 2. The minimum atomic E-state index is -3.72. The molecule has 12 heteroatoms. The molecule has 0 atom stereocenters. The predicted molar refractivity (Wildman–Crippen MR) is 133 cm³/mol. The van der Waals surface area contributed by atoms with E-state index in [1.807, 2.05) is 31.2 Å². The monoisotopic (exact) mass is 518 g/mol. The van der Waals surface area contributed by atoms with Gasteiger partial charge in [-0.05, 0) is 42.8 Å². The highest BCUT2D eigenvalue weighted by Gasteiger charge is 2.41. The molecule has 0 saturated carbocycles. The van der Waals surface area contributed by atoms with Crippen LogP contribution in [0.4, 0.5) is 0 Å². The Bertz CT molecular complexity index is 1370. The van der Waals surface area contributed by atoms with E-state index in [1.165, 1.54) is 6.08 Å². The highest BCUT2D eigenvalue weighted by Crippen LogP contribution is 2.31. The minimum absolute atomic E-state index is 0.0298. The van der Waals surface area contributed by atoms with Gasteiger partial charge < -0.3 is 9.47 Å². The number of nitrogens with one attached hydrogen (secondary N) is 1. The van der Waals surface area contributed by atoms with Gasteiger partial charge in [0.2, 0.25) is 20.2 Å². The molecule has 34 heavy (non-hydrogen) atoms. The summed E-state index contributed by atoms with van der Waals surface area (Å²) >= 11 is 7.07. The molecule has 1 N–H and O–H groups in total. The van der Waals surface area contributed by atoms with Gasteiger partial charge in [0.25, 0.3) is 5.91 Å². The molecule has 2 heterocycles. The Balaban J connectivity index is 1.44. The zero-order valence-electron chi connectivity index (χ0n) is 18.1. The number of hydrogen-bond donors (Lipinski definition) is 1. The second-order valence-corrected chi connectivity index (χ2v) is 10.4. The third-order valence-electron chi connectivity index (χ3n) is 4.72. The molecule has 0 radical (unpaired) electrons. The molecular formula is C22H19ClN4O5S2. The Labute approximate surface area is 205 Å². The first-order valence-electron chi connectivity index (χ1n) is 9.94. The van der Waals surface area contributed by atoms with Gasteiger partial charge in [-0.15, -0.1) is 0 Å². The maximum Gasteiger partial charge on any atom is 0.283 e. The molecule has 9 nitrogen and oxygen atoms in total. The van der Waals surface area contributed by atoms with Crippen LogP contribution in [0.3, 0.4) is 0 Å². The number of aryl methyl sites for hydroxylation is 1. The number of sulfone groups is 1. The van der Waals surface area contributed by atoms with E-state index in [1.54, 1.807) is 18.2 Å². The van der Waals surface area contributed by atoms with Crippen LogP contribution < -0.4 is 9.47 Å². The Morgan fingerprint density at radius 2 is 1.85 bits per heavy atom. The Hall–Kier alpha value is -3.15. The molecule has 0 fully saturated rings. The molecule has 176 valence electrons. The topological polar surface area (TPSA) is 121 Å². The third-order valence-corrected chi connectivity index (χ3v) is 6.77. The molecule has 4 rings (SSSR count). The van der Waals surface area contributed by atoms with Gasteiger partial charge >= 0.3 is 0 Å². The largest absolute Gasteiger partial charge is 0.490 e. The van der Waals surface area contributed by atoms with Crippen molar-refractivity contribution in [1.82, 2.24) is 4.90 Å². The fraction of sp³-hybridized carbons (Fsp3) is 0.182. The molecule has 0 spiro atoms. The number of ether oxygens (including phenoxy) is 2. The van der Waals surface area contributed by atoms with E-state index in [2.05, 4.69) is 9.39 Å². The van der Waals surface area contributed by atoms with Crippen LogP contribution in [0.5, 0.6) is 11.5 Å². The lowest BCUT2D eigenvalue weighted by Crippen LogP contribution is -2.45. The summed E-state index contributed by atoms with van der Waals surface area (Å²) in [7, 11) is -3.72. The van der Waals surface area contributed by atoms with E-state index < -0.39 is 15.7 Å². The number of carbonyl (C=O) groups is 1. The quantitative estimate of drug-likeness (QED) is 0.351. The standard InChI is InChI=1S/C22H19ClN4O5S2/c1-13-3-6-15(7-4-13)31-9-10-32-18-8-5-14(12-17(18)23)11-16-19(24)27-21(25-20(16)28)33-26-22(27)34(2,29)30/h3-8,11-12,24H,9-10H2,1-2H3/b16-11-,24-19?. The summed E-state index contributed by atoms with van der Waals surface area (Å²) in [5.74, 6) is 0.185. The predicted octanol–water partition coefficient (Wildman–Crippen LogP) is 3.73. The second-order valence-electron chi connectivity index (χ2n) is 7.38. The number of amides is 1. The second kappa shape index (κ2) is 9.61. The van der Waals surface area contributed by atoms with Crippen molar-refractivity contribution in [2.75, 3.05) is 19.5 Å². The van der Waals surface area contributed by atoms with Crippen molar-refractivity contribution in [3.8, 4) is 11.5 Å². The van der Waals surface area contributed by atoms with Gasteiger partial charge in [0, 0.05) is 6.26 Å². The summed E-state index contributed by atoms with van der Waals surface area (Å²) < 4.78 is 39.1. The van der Waals surface area contributed by atoms with Gasteiger partial charge in [-0.1, -0.05) is 35.4 Å². The van der Waals surface area contributed by atoms with Crippen molar-refractivity contribution in [1.29, 1.82) is 5.41 Å². The van der Waals surface area contributed by atoms with E-state index >= 15 is 0 Å². The number of aliphatic imine (C=N–C) groups is 1. The first-order chi connectivity index (χ1) is 16.1. The normalized spacial score (nSPS) is 16.9. The smallest absolute Gasteiger partial charge is 0.283 e. The van der Waals surface area contributed by atoms with Crippen LogP contribution in [-0.2, 0) is 14.6 Å². The number of carbonyl (C=O) groups excluding carboxylic acids is 1. The van der Waals surface area contributed by atoms with Crippen molar-refractivity contribution >= 4 is 61.5 Å². The lowest BCUT2D eigenvalue weighted by atomic mass is 10.1. The lowest BCUT2D eigenvalue weighted by molar-refractivity contribution is -0.114. The molecule has 2 aliphatic rings. The molecule has 0 aliphatic carbocycles. The molecule has 2 aromatic rings. The number of halogens is 1. The van der Waals surface area contributed by atoms with Crippen molar-refractivity contribution in [3.05, 3.63) is 64.2 Å². The first kappa shape index (κ1) is 24.0. The highest BCUT2D eigenvalue weighted by atomic mass is 35.5. The van der Waals surface area contributed by atoms with Gasteiger partial charge in [0.15, 0.2) is 0 Å². The average molecular weight is 519 g/mol. The van der Waals surface area contributed by atoms with E-state index in [0.717, 1.165) is 34.4 Å². The van der Waals surface area contributed by atoms with Crippen LogP contribution >= 0.6 is 23.5 Å². The van der Waals surface area contributed by atoms with Crippen LogP contribution in [0.15, 0.2) is 57.4 Å². The maximum atomic E-state index is 12.5. The van der Waals surface area contributed by atoms with E-state index in [4.69, 9.17) is 26.5 Å². The molecule has 0 bridgehead atoms. The molecular weight excluding hydrogens is 500 g/mol. The zero-order valence-corrected chi connectivity index (χ0v) is 20.5. The summed E-state index contributed by atoms with van der Waals surface area (Å²) in [6.07, 6.45) is 2.40. The average Bonchev–Trinajstić information content (AvgIpc) is 3.21. The molecule has 2 aromatic carbocycles. The van der Waals surface area contributed by atoms with Crippen molar-refractivity contribution in [2.24, 2.45) is 9.39 Å². The fourth-order valence-electron chi connectivity index (χ4n) is 3.07. The summed E-state index contributed by atoms with van der Waals surface area (Å²) in [5, 5.41) is 8.38. The summed E-state index contributed by atoms with van der Waals surface area (Å²) in [4.78, 5) is 17.4. The van der Waals surface area contributed by atoms with E-state index in [0.29, 0.717) is 22.9 Å². The van der Waals surface area contributed by atoms with Crippen LogP contribution in [0.2, 0.25) is 5.02 Å². The third kappa shape index (κ3) is 5.16. The summed E-state index contributed by atoms with van der Waals surface area (Å²) in [5.41, 5.74) is 1.58. The highest BCUT2D eigenvalue weighted by molar-refractivity contribution is 8.16. The number of nitrogens with zero attached hydrogens (tertiary/aromatic N) is 3. The number of amidine groups is 3. The van der Waals surface area contributed by atoms with Crippen molar-refractivity contribution < 1.29 is 22.7 Å². The van der Waals surface area contributed by atoms with Gasteiger partial charge in [0.1, 0.15) is 30.5 Å². The van der Waals surface area contributed by atoms with Gasteiger partial charge in [-0.3, -0.25) is 10.2 Å². The molecule has 0 saturated heterocycles. The number of fused-ring (bicyclic) bond motifs is 1. The first-order valence-corrected chi connectivity index (χ1v) is 13.0. The Morgan fingerprint density at radius 1 is 1.15 bits per heavy atom. The van der Waals surface area contributed by atoms with Crippen LogP contribution in [0.25, 0.3) is 6.08 Å². The van der Waals surface area contributed by atoms with Gasteiger partial charge in [-0.25, -0.2) is 13.3 Å². The maximum absolute atomic E-state index is 12.5. The van der Waals surface area contributed by atoms with Gasteiger partial charge in [0.05, 0.1) is 22.5 Å². The lowest BCUT2D eigenvalue weighted by Gasteiger charge is -2.23. The molecule has 1 amide bonds. The molecule has 0 unspecified atom stereocenters. The molecule has 2 aliphatic heterocycles. The van der Waals surface area contributed by atoms with Gasteiger partial charge in [-0.2, -0.15) is 9.39 Å². The SMILES string of the molecule is Cc1ccc(OCCOc2ccc(/C=C3/C(=N)N4C(=NC3=O)SN=C4S(C)(=O)=O)cc2Cl)cc1. The van der Waals surface area contributed by atoms with E-state index in [9.17, 15) is 13.2 Å². The minimum Gasteiger partial charge on any atom is -0.490 e. The van der Waals surface area contributed by atoms with Crippen LogP contribution in [0.1, 0.15) is 11.1 Å².